The predicted molar refractivity (Wildman–Crippen MR) is 70.3 cm³/mol. The number of hydrogen-bond acceptors (Lipinski definition) is 2. The zero-order valence-corrected chi connectivity index (χ0v) is 11.5. The van der Waals surface area contributed by atoms with E-state index in [2.05, 4.69) is 10.6 Å². The van der Waals surface area contributed by atoms with Crippen molar-refractivity contribution in [2.24, 2.45) is 17.8 Å². The Kier molecular flexibility index (Phi) is 4.49. The smallest absolute Gasteiger partial charge is 0.309 e. The van der Waals surface area contributed by atoms with E-state index in [0.29, 0.717) is 18.3 Å². The van der Waals surface area contributed by atoms with Gasteiger partial charge >= 0.3 is 11.8 Å². The summed E-state index contributed by atoms with van der Waals surface area (Å²) in [4.78, 5) is 23.1. The molecule has 18 heavy (non-hydrogen) atoms. The average Bonchev–Trinajstić information content (AvgIpc) is 2.97. The monoisotopic (exact) mass is 272 g/mol. The van der Waals surface area contributed by atoms with Crippen LogP contribution in [0.15, 0.2) is 0 Å². The molecule has 4 unspecified atom stereocenters. The van der Waals surface area contributed by atoms with E-state index in [0.717, 1.165) is 11.8 Å². The Morgan fingerprint density at radius 3 is 2.61 bits per heavy atom. The molecule has 4 atom stereocenters. The Morgan fingerprint density at radius 1 is 1.28 bits per heavy atom. The number of fused-ring (bicyclic) bond motifs is 2. The van der Waals surface area contributed by atoms with Gasteiger partial charge in [0.05, 0.1) is 0 Å². The average molecular weight is 273 g/mol. The number of carbonyl (C=O) groups is 2. The van der Waals surface area contributed by atoms with Gasteiger partial charge in [-0.05, 0) is 43.9 Å². The van der Waals surface area contributed by atoms with Crippen LogP contribution in [0.1, 0.15) is 32.6 Å². The highest BCUT2D eigenvalue weighted by atomic mass is 35.5. The first-order chi connectivity index (χ1) is 8.61. The largest absolute Gasteiger partial charge is 0.347 e. The van der Waals surface area contributed by atoms with Crippen LogP contribution in [0.2, 0.25) is 0 Å². The number of amides is 2. The van der Waals surface area contributed by atoms with E-state index in [1.807, 2.05) is 6.92 Å². The van der Waals surface area contributed by atoms with Crippen LogP contribution < -0.4 is 10.6 Å². The molecule has 0 aromatic rings. The quantitative estimate of drug-likeness (QED) is 0.598. The number of carbonyl (C=O) groups excluding carboxylic acids is 2. The highest BCUT2D eigenvalue weighted by Gasteiger charge is 2.42. The number of hydrogen-bond donors (Lipinski definition) is 2. The fraction of sp³-hybridized carbons (Fsp3) is 0.846. The van der Waals surface area contributed by atoms with Crippen molar-refractivity contribution in [1.82, 2.24) is 10.6 Å². The molecule has 2 amide bonds. The molecular weight excluding hydrogens is 252 g/mol. The van der Waals surface area contributed by atoms with Gasteiger partial charge < -0.3 is 10.6 Å². The summed E-state index contributed by atoms with van der Waals surface area (Å²) in [5.41, 5.74) is 0. The van der Waals surface area contributed by atoms with Gasteiger partial charge in [-0.2, -0.15) is 0 Å². The first kappa shape index (κ1) is 13.7. The topological polar surface area (TPSA) is 58.2 Å². The molecule has 0 heterocycles. The lowest BCUT2D eigenvalue weighted by atomic mass is 9.84. The van der Waals surface area contributed by atoms with Crippen LogP contribution in [0, 0.1) is 17.8 Å². The predicted octanol–water partition coefficient (Wildman–Crippen LogP) is 1.28. The van der Waals surface area contributed by atoms with Crippen LogP contribution >= 0.6 is 11.6 Å². The minimum atomic E-state index is -0.578. The zero-order chi connectivity index (χ0) is 13.1. The zero-order valence-electron chi connectivity index (χ0n) is 10.7. The van der Waals surface area contributed by atoms with E-state index < -0.39 is 11.8 Å². The fourth-order valence-electron chi connectivity index (χ4n) is 3.53. The van der Waals surface area contributed by atoms with Crippen LogP contribution in [-0.2, 0) is 9.59 Å². The molecule has 2 fully saturated rings. The molecule has 0 aromatic carbocycles. The molecule has 0 saturated heterocycles. The van der Waals surface area contributed by atoms with Crippen molar-refractivity contribution in [2.45, 2.75) is 38.6 Å². The second-order valence-corrected chi connectivity index (χ2v) is 5.92. The normalized spacial score (nSPS) is 31.1. The van der Waals surface area contributed by atoms with Crippen LogP contribution in [0.25, 0.3) is 0 Å². The Morgan fingerprint density at radius 2 is 2.06 bits per heavy atom. The molecule has 0 aliphatic heterocycles. The Labute approximate surface area is 113 Å². The fourth-order valence-corrected chi connectivity index (χ4v) is 3.62. The molecule has 2 saturated carbocycles. The maximum absolute atomic E-state index is 11.7. The summed E-state index contributed by atoms with van der Waals surface area (Å²) in [6, 6.07) is 0.0922. The maximum atomic E-state index is 11.7. The second-order valence-electron chi connectivity index (χ2n) is 5.55. The number of nitrogens with one attached hydrogen (secondary N) is 2. The summed E-state index contributed by atoms with van der Waals surface area (Å²) >= 11 is 5.46. The lowest BCUT2D eigenvalue weighted by Gasteiger charge is -2.28. The molecule has 102 valence electrons. The lowest BCUT2D eigenvalue weighted by Crippen LogP contribution is -2.47. The standard InChI is InChI=1S/C13H21ClN2O2/c1-8(11-7-9-2-3-10(11)6-9)16-13(18)12(17)15-5-4-14/h8-11H,2-7H2,1H3,(H,15,17)(H,16,18). The van der Waals surface area contributed by atoms with Crippen LogP contribution in [0.4, 0.5) is 0 Å². The van der Waals surface area contributed by atoms with E-state index in [1.165, 1.54) is 25.7 Å². The molecule has 0 aromatic heterocycles. The van der Waals surface area contributed by atoms with Gasteiger partial charge in [-0.15, -0.1) is 11.6 Å². The Balaban J connectivity index is 1.78. The SMILES string of the molecule is CC(NC(=O)C(=O)NCCCl)C1CC2CCC1C2. The highest BCUT2D eigenvalue weighted by molar-refractivity contribution is 6.35. The van der Waals surface area contributed by atoms with Gasteiger partial charge in [0, 0.05) is 18.5 Å². The summed E-state index contributed by atoms with van der Waals surface area (Å²) in [5.74, 6) is 1.36. The molecule has 4 nitrogen and oxygen atoms in total. The highest BCUT2D eigenvalue weighted by Crippen LogP contribution is 2.49. The molecule has 2 aliphatic rings. The first-order valence-electron chi connectivity index (χ1n) is 6.76. The summed E-state index contributed by atoms with van der Waals surface area (Å²) < 4.78 is 0. The van der Waals surface area contributed by atoms with E-state index in [1.54, 1.807) is 0 Å². The van der Waals surface area contributed by atoms with Gasteiger partial charge in [0.15, 0.2) is 0 Å². The molecular formula is C13H21ClN2O2. The van der Waals surface area contributed by atoms with Crippen LogP contribution in [0.3, 0.4) is 0 Å². The van der Waals surface area contributed by atoms with Crippen molar-refractivity contribution in [3.05, 3.63) is 0 Å². The van der Waals surface area contributed by atoms with Crippen molar-refractivity contribution >= 4 is 23.4 Å². The van der Waals surface area contributed by atoms with Crippen molar-refractivity contribution < 1.29 is 9.59 Å². The second kappa shape index (κ2) is 5.91. The minimum absolute atomic E-state index is 0.0922. The maximum Gasteiger partial charge on any atom is 0.309 e. The van der Waals surface area contributed by atoms with Gasteiger partial charge in [0.25, 0.3) is 0 Å². The summed E-state index contributed by atoms with van der Waals surface area (Å²) in [6.07, 6.45) is 5.14. The van der Waals surface area contributed by atoms with Gasteiger partial charge in [0.1, 0.15) is 0 Å². The minimum Gasteiger partial charge on any atom is -0.347 e. The van der Waals surface area contributed by atoms with Gasteiger partial charge in [-0.25, -0.2) is 0 Å². The third-order valence-electron chi connectivity index (χ3n) is 4.38. The first-order valence-corrected chi connectivity index (χ1v) is 7.30. The van der Waals surface area contributed by atoms with Crippen LogP contribution in [-0.4, -0.2) is 30.3 Å². The van der Waals surface area contributed by atoms with Gasteiger partial charge in [-0.3, -0.25) is 9.59 Å². The van der Waals surface area contributed by atoms with Crippen LogP contribution in [0.5, 0.6) is 0 Å². The third kappa shape index (κ3) is 2.97. The molecule has 0 spiro atoms. The Bertz CT molecular complexity index is 335. The number of halogens is 1. The molecule has 0 radical (unpaired) electrons. The van der Waals surface area contributed by atoms with E-state index in [9.17, 15) is 9.59 Å². The molecule has 2 bridgehead atoms. The summed E-state index contributed by atoms with van der Waals surface area (Å²) in [6.45, 7) is 2.34. The number of rotatable bonds is 4. The van der Waals surface area contributed by atoms with E-state index >= 15 is 0 Å². The van der Waals surface area contributed by atoms with Crippen molar-refractivity contribution in [1.29, 1.82) is 0 Å². The lowest BCUT2D eigenvalue weighted by molar-refractivity contribution is -0.139. The summed E-state index contributed by atoms with van der Waals surface area (Å²) in [7, 11) is 0. The number of alkyl halides is 1. The molecule has 5 heteroatoms. The molecule has 2 rings (SSSR count). The molecule has 2 N–H and O–H groups in total. The van der Waals surface area contributed by atoms with E-state index in [-0.39, 0.29) is 6.04 Å². The van der Waals surface area contributed by atoms with E-state index in [4.69, 9.17) is 11.6 Å². The van der Waals surface area contributed by atoms with Crippen molar-refractivity contribution in [3.63, 3.8) is 0 Å². The third-order valence-corrected chi connectivity index (χ3v) is 4.57. The molecule has 2 aliphatic carbocycles. The summed E-state index contributed by atoms with van der Waals surface area (Å²) in [5, 5.41) is 5.30. The van der Waals surface area contributed by atoms with Crippen molar-refractivity contribution in [3.8, 4) is 0 Å². The van der Waals surface area contributed by atoms with Gasteiger partial charge in [0.2, 0.25) is 0 Å². The Hall–Kier alpha value is -0.770. The van der Waals surface area contributed by atoms with Gasteiger partial charge in [-0.1, -0.05) is 6.42 Å². The van der Waals surface area contributed by atoms with Crippen molar-refractivity contribution in [2.75, 3.05) is 12.4 Å².